The van der Waals surface area contributed by atoms with E-state index in [4.69, 9.17) is 14.2 Å². The van der Waals surface area contributed by atoms with E-state index in [1.54, 1.807) is 37.3 Å². The molecule has 0 aliphatic heterocycles. The minimum absolute atomic E-state index is 0.149. The first kappa shape index (κ1) is 27.7. The number of benzene rings is 3. The molecule has 0 unspecified atom stereocenters. The van der Waals surface area contributed by atoms with Crippen LogP contribution in [0.2, 0.25) is 0 Å². The van der Waals surface area contributed by atoms with Gasteiger partial charge in [-0.3, -0.25) is 14.9 Å². The fourth-order valence-electron chi connectivity index (χ4n) is 3.09. The van der Waals surface area contributed by atoms with E-state index < -0.39 is 28.3 Å². The highest BCUT2D eigenvalue weighted by molar-refractivity contribution is 5.95. The number of hydrogen-bond acceptors (Lipinski definition) is 7. The lowest BCUT2D eigenvalue weighted by molar-refractivity contribution is -0.385. The van der Waals surface area contributed by atoms with Crippen LogP contribution >= 0.6 is 0 Å². The summed E-state index contributed by atoms with van der Waals surface area (Å²) in [5.41, 5.74) is 1.25. The van der Waals surface area contributed by atoms with E-state index in [9.17, 15) is 28.1 Å². The number of rotatable bonds is 11. The van der Waals surface area contributed by atoms with Crippen LogP contribution < -0.4 is 19.6 Å². The molecule has 1 N–H and O–H groups in total. The largest absolute Gasteiger partial charge is 0.490 e. The van der Waals surface area contributed by atoms with Gasteiger partial charge >= 0.3 is 11.9 Å². The highest BCUT2D eigenvalue weighted by atomic mass is 19.4. The lowest BCUT2D eigenvalue weighted by Gasteiger charge is -2.12. The van der Waals surface area contributed by atoms with Crippen LogP contribution in [0.5, 0.6) is 23.0 Å². The van der Waals surface area contributed by atoms with Gasteiger partial charge in [0.25, 0.3) is 5.91 Å². The smallest absolute Gasteiger partial charge is 0.416 e. The number of alkyl halides is 3. The molecule has 0 fully saturated rings. The summed E-state index contributed by atoms with van der Waals surface area (Å²) in [6.07, 6.45) is -1.79. The molecule has 0 aromatic heterocycles. The number of halogens is 3. The van der Waals surface area contributed by atoms with Gasteiger partial charge in [0, 0.05) is 11.6 Å². The summed E-state index contributed by atoms with van der Waals surface area (Å²) in [5.74, 6) is 0.179. The lowest BCUT2D eigenvalue weighted by Crippen LogP contribution is -2.17. The van der Waals surface area contributed by atoms with Crippen molar-refractivity contribution in [2.24, 2.45) is 5.10 Å². The zero-order valence-electron chi connectivity index (χ0n) is 20.0. The minimum Gasteiger partial charge on any atom is -0.490 e. The van der Waals surface area contributed by atoms with E-state index >= 15 is 0 Å². The van der Waals surface area contributed by atoms with Crippen LogP contribution in [-0.2, 0) is 6.18 Å². The zero-order chi connectivity index (χ0) is 27.7. The van der Waals surface area contributed by atoms with Gasteiger partial charge in [0.05, 0.1) is 23.3 Å². The second-order valence-corrected chi connectivity index (χ2v) is 7.50. The molecule has 0 aliphatic carbocycles. The van der Waals surface area contributed by atoms with E-state index in [0.29, 0.717) is 41.4 Å². The molecule has 12 heteroatoms. The Morgan fingerprint density at radius 1 is 1.05 bits per heavy atom. The molecule has 0 bridgehead atoms. The van der Waals surface area contributed by atoms with Crippen molar-refractivity contribution in [1.29, 1.82) is 0 Å². The van der Waals surface area contributed by atoms with Gasteiger partial charge in [-0.25, -0.2) is 5.43 Å². The predicted octanol–water partition coefficient (Wildman–Crippen LogP) is 6.13. The fourth-order valence-corrected chi connectivity index (χ4v) is 3.09. The number of nitrogens with one attached hydrogen (secondary N) is 1. The number of hydrazone groups is 1. The number of hydrogen-bond donors (Lipinski definition) is 1. The topological polar surface area (TPSA) is 112 Å². The van der Waals surface area contributed by atoms with Gasteiger partial charge in [-0.05, 0) is 67.1 Å². The van der Waals surface area contributed by atoms with Crippen LogP contribution in [0.25, 0.3) is 0 Å². The van der Waals surface area contributed by atoms with E-state index in [1.165, 1.54) is 24.4 Å². The molecule has 0 aliphatic rings. The first-order chi connectivity index (χ1) is 18.1. The van der Waals surface area contributed by atoms with Crippen LogP contribution in [0.15, 0.2) is 78.4 Å². The van der Waals surface area contributed by atoms with Gasteiger partial charge in [0.2, 0.25) is 5.75 Å². The summed E-state index contributed by atoms with van der Waals surface area (Å²) in [7, 11) is 0. The number of nitrogens with zero attached hydrogens (tertiary/aromatic N) is 2. The maximum Gasteiger partial charge on any atom is 0.416 e. The van der Waals surface area contributed by atoms with E-state index in [-0.39, 0.29) is 18.1 Å². The summed E-state index contributed by atoms with van der Waals surface area (Å²) in [6.45, 7) is 6.04. The molecule has 0 heterocycles. The first-order valence-electron chi connectivity index (χ1n) is 11.1. The summed E-state index contributed by atoms with van der Waals surface area (Å²) >= 11 is 0. The molecule has 3 aromatic carbocycles. The SMILES string of the molecule is C=CCOc1ccc(C(=O)N/N=C/c2ccc(Oc3ccc(C(F)(F)F)cc3[N+](=O)[O-])cc2)cc1OCC. The monoisotopic (exact) mass is 529 g/mol. The molecule has 9 nitrogen and oxygen atoms in total. The van der Waals surface area contributed by atoms with E-state index in [1.807, 2.05) is 0 Å². The van der Waals surface area contributed by atoms with E-state index in [2.05, 4.69) is 17.1 Å². The van der Waals surface area contributed by atoms with Crippen molar-refractivity contribution in [2.75, 3.05) is 13.2 Å². The molecule has 38 heavy (non-hydrogen) atoms. The molecule has 198 valence electrons. The highest BCUT2D eigenvalue weighted by Crippen LogP contribution is 2.37. The van der Waals surface area contributed by atoms with Crippen molar-refractivity contribution in [2.45, 2.75) is 13.1 Å². The molecule has 1 amide bonds. The Balaban J connectivity index is 1.65. The Hall–Kier alpha value is -4.87. The van der Waals surface area contributed by atoms with Gasteiger partial charge in [-0.1, -0.05) is 12.7 Å². The third-order valence-electron chi connectivity index (χ3n) is 4.83. The molecule has 0 saturated carbocycles. The van der Waals surface area contributed by atoms with Gasteiger partial charge in [-0.15, -0.1) is 0 Å². The van der Waals surface area contributed by atoms with Crippen molar-refractivity contribution in [1.82, 2.24) is 5.43 Å². The predicted molar refractivity (Wildman–Crippen MR) is 133 cm³/mol. The summed E-state index contributed by atoms with van der Waals surface area (Å²) < 4.78 is 55.0. The molecule has 0 atom stereocenters. The third kappa shape index (κ3) is 7.32. The van der Waals surface area contributed by atoms with Crippen molar-refractivity contribution < 1.29 is 37.1 Å². The van der Waals surface area contributed by atoms with Gasteiger partial charge in [0.1, 0.15) is 12.4 Å². The standard InChI is InChI=1S/C26H22F3N3O6/c1-3-13-37-23-11-7-18(14-24(23)36-4-2)25(33)31-30-16-17-5-9-20(10-6-17)38-22-12-8-19(26(27,28)29)15-21(22)32(34)35/h3,5-12,14-16H,1,4,13H2,2H3,(H,31,33)/b30-16+. The van der Waals surface area contributed by atoms with Crippen LogP contribution in [0.3, 0.4) is 0 Å². The summed E-state index contributed by atoms with van der Waals surface area (Å²) in [5, 5.41) is 15.1. The number of nitro groups is 1. The first-order valence-corrected chi connectivity index (χ1v) is 11.1. The summed E-state index contributed by atoms with van der Waals surface area (Å²) in [4.78, 5) is 22.7. The lowest BCUT2D eigenvalue weighted by atomic mass is 10.2. The summed E-state index contributed by atoms with van der Waals surface area (Å²) in [6, 6.07) is 12.7. The average Bonchev–Trinajstić information content (AvgIpc) is 2.88. The second kappa shape index (κ2) is 12.4. The molecule has 3 aromatic rings. The zero-order valence-corrected chi connectivity index (χ0v) is 20.0. The second-order valence-electron chi connectivity index (χ2n) is 7.50. The Labute approximate surface area is 215 Å². The minimum atomic E-state index is -4.73. The number of amides is 1. The molecular weight excluding hydrogens is 507 g/mol. The van der Waals surface area contributed by atoms with Crippen molar-refractivity contribution in [3.63, 3.8) is 0 Å². The van der Waals surface area contributed by atoms with Crippen LogP contribution in [-0.4, -0.2) is 30.3 Å². The Morgan fingerprint density at radius 2 is 1.76 bits per heavy atom. The molecule has 0 spiro atoms. The highest BCUT2D eigenvalue weighted by Gasteiger charge is 2.33. The Kier molecular flexibility index (Phi) is 9.04. The van der Waals surface area contributed by atoms with E-state index in [0.717, 1.165) is 6.07 Å². The van der Waals surface area contributed by atoms with Gasteiger partial charge in [0.15, 0.2) is 11.5 Å². The van der Waals surface area contributed by atoms with Gasteiger partial charge < -0.3 is 14.2 Å². The van der Waals surface area contributed by atoms with Crippen LogP contribution in [0.1, 0.15) is 28.4 Å². The quantitative estimate of drug-likeness (QED) is 0.138. The normalized spacial score (nSPS) is 11.2. The number of carbonyl (C=O) groups excluding carboxylic acids is 1. The number of ether oxygens (including phenoxy) is 3. The Morgan fingerprint density at radius 3 is 2.39 bits per heavy atom. The van der Waals surface area contributed by atoms with Crippen molar-refractivity contribution in [3.8, 4) is 23.0 Å². The maximum atomic E-state index is 12.9. The average molecular weight is 529 g/mol. The maximum absolute atomic E-state index is 12.9. The number of carbonyl (C=O) groups is 1. The van der Waals surface area contributed by atoms with Gasteiger partial charge in [-0.2, -0.15) is 18.3 Å². The molecule has 0 saturated heterocycles. The molecule has 3 rings (SSSR count). The van der Waals surface area contributed by atoms with Crippen LogP contribution in [0.4, 0.5) is 18.9 Å². The van der Waals surface area contributed by atoms with Crippen LogP contribution in [0, 0.1) is 10.1 Å². The Bertz CT molecular complexity index is 1340. The fraction of sp³-hybridized carbons (Fsp3) is 0.154. The number of nitro benzene ring substituents is 1. The molecular formula is C26H22F3N3O6. The molecule has 0 radical (unpaired) electrons. The van der Waals surface area contributed by atoms with Crippen molar-refractivity contribution >= 4 is 17.8 Å². The van der Waals surface area contributed by atoms with Crippen molar-refractivity contribution in [3.05, 3.63) is 100 Å². The third-order valence-corrected chi connectivity index (χ3v) is 4.83.